The van der Waals surface area contributed by atoms with Gasteiger partial charge in [0.1, 0.15) is 17.2 Å². The van der Waals surface area contributed by atoms with Crippen LogP contribution in [-0.2, 0) is 11.3 Å². The SMILES string of the molecule is CC(C)(C)OC(=O)N1CCN(Cc2nc3ccc([N+](=O)[O-])cc3c(=O)n2-c2ccccc2F)CC1. The highest BCUT2D eigenvalue weighted by molar-refractivity contribution is 5.80. The highest BCUT2D eigenvalue weighted by Crippen LogP contribution is 2.21. The number of fused-ring (bicyclic) bond motifs is 1. The lowest BCUT2D eigenvalue weighted by Gasteiger charge is -2.35. The maximum absolute atomic E-state index is 14.7. The van der Waals surface area contributed by atoms with Gasteiger partial charge in [-0.2, -0.15) is 0 Å². The first-order valence-electron chi connectivity index (χ1n) is 11.2. The number of nitro benzene ring substituents is 1. The third-order valence-corrected chi connectivity index (χ3v) is 5.61. The van der Waals surface area contributed by atoms with Crippen LogP contribution < -0.4 is 5.56 Å². The quantitative estimate of drug-likeness (QED) is 0.413. The molecule has 0 spiro atoms. The summed E-state index contributed by atoms with van der Waals surface area (Å²) in [5, 5.41) is 11.2. The molecule has 4 rings (SSSR count). The van der Waals surface area contributed by atoms with E-state index in [0.717, 1.165) is 6.07 Å². The highest BCUT2D eigenvalue weighted by Gasteiger charge is 2.27. The number of carbonyl (C=O) groups excluding carboxylic acids is 1. The number of para-hydroxylation sites is 1. The lowest BCUT2D eigenvalue weighted by molar-refractivity contribution is -0.384. The summed E-state index contributed by atoms with van der Waals surface area (Å²) in [6.07, 6.45) is -0.383. The first kappa shape index (κ1) is 24.3. The van der Waals surface area contributed by atoms with Gasteiger partial charge < -0.3 is 9.64 Å². The first-order valence-corrected chi connectivity index (χ1v) is 11.2. The molecule has 1 fully saturated rings. The molecule has 1 aliphatic heterocycles. The van der Waals surface area contributed by atoms with E-state index in [2.05, 4.69) is 4.98 Å². The maximum atomic E-state index is 14.7. The van der Waals surface area contributed by atoms with Crippen molar-refractivity contribution < 1.29 is 18.8 Å². The fourth-order valence-electron chi connectivity index (χ4n) is 3.94. The van der Waals surface area contributed by atoms with E-state index in [-0.39, 0.29) is 34.9 Å². The Morgan fingerprint density at radius 3 is 2.46 bits per heavy atom. The van der Waals surface area contributed by atoms with Crippen LogP contribution in [0.15, 0.2) is 47.3 Å². The summed E-state index contributed by atoms with van der Waals surface area (Å²) < 4.78 is 21.3. The Hall–Kier alpha value is -3.86. The smallest absolute Gasteiger partial charge is 0.410 e. The van der Waals surface area contributed by atoms with Crippen molar-refractivity contribution in [2.24, 2.45) is 0 Å². The zero-order valence-corrected chi connectivity index (χ0v) is 19.7. The summed E-state index contributed by atoms with van der Waals surface area (Å²) in [4.78, 5) is 44.6. The number of rotatable bonds is 4. The maximum Gasteiger partial charge on any atom is 0.410 e. The molecule has 1 aliphatic rings. The summed E-state index contributed by atoms with van der Waals surface area (Å²) in [5.74, 6) is -0.315. The molecule has 0 aliphatic carbocycles. The number of amides is 1. The van der Waals surface area contributed by atoms with Gasteiger partial charge in [-0.3, -0.25) is 24.4 Å². The van der Waals surface area contributed by atoms with Crippen molar-refractivity contribution in [3.63, 3.8) is 0 Å². The molecule has 11 heteroatoms. The Labute approximate surface area is 200 Å². The molecule has 0 bridgehead atoms. The van der Waals surface area contributed by atoms with E-state index in [1.165, 1.54) is 34.9 Å². The lowest BCUT2D eigenvalue weighted by Crippen LogP contribution is -2.50. The zero-order chi connectivity index (χ0) is 25.3. The number of benzene rings is 2. The van der Waals surface area contributed by atoms with Crippen molar-refractivity contribution in [1.82, 2.24) is 19.4 Å². The molecule has 2 aromatic carbocycles. The molecule has 1 aromatic heterocycles. The second-order valence-electron chi connectivity index (χ2n) is 9.32. The van der Waals surface area contributed by atoms with E-state index in [1.807, 2.05) is 25.7 Å². The summed E-state index contributed by atoms with van der Waals surface area (Å²) >= 11 is 0. The number of nitrogens with zero attached hydrogens (tertiary/aromatic N) is 5. The average molecular weight is 484 g/mol. The van der Waals surface area contributed by atoms with Crippen LogP contribution in [0.25, 0.3) is 16.6 Å². The van der Waals surface area contributed by atoms with Crippen molar-refractivity contribution in [3.05, 3.63) is 74.6 Å². The minimum absolute atomic E-state index is 0.0146. The third kappa shape index (κ3) is 5.29. The monoisotopic (exact) mass is 483 g/mol. The molecule has 2 heterocycles. The van der Waals surface area contributed by atoms with E-state index in [4.69, 9.17) is 4.74 Å². The van der Waals surface area contributed by atoms with Crippen LogP contribution in [0.3, 0.4) is 0 Å². The Kier molecular flexibility index (Phi) is 6.53. The van der Waals surface area contributed by atoms with Crippen LogP contribution in [0.2, 0.25) is 0 Å². The second-order valence-corrected chi connectivity index (χ2v) is 9.32. The standard InChI is InChI=1S/C24H26FN5O5/c1-24(2,3)35-23(32)28-12-10-27(11-13-28)15-21-26-19-9-8-16(30(33)34)14-17(19)22(31)29(21)20-7-5-4-6-18(20)25/h4-9,14H,10-13,15H2,1-3H3. The van der Waals surface area contributed by atoms with Crippen LogP contribution in [0.5, 0.6) is 0 Å². The minimum atomic E-state index is -0.614. The Morgan fingerprint density at radius 2 is 1.83 bits per heavy atom. The van der Waals surface area contributed by atoms with Gasteiger partial charge in [0.15, 0.2) is 0 Å². The molecule has 184 valence electrons. The molecule has 35 heavy (non-hydrogen) atoms. The summed E-state index contributed by atoms with van der Waals surface area (Å²) in [7, 11) is 0. The summed E-state index contributed by atoms with van der Waals surface area (Å²) in [5.41, 5.74) is -1.13. The summed E-state index contributed by atoms with van der Waals surface area (Å²) in [6.45, 7) is 7.51. The molecule has 0 saturated carbocycles. The molecular formula is C24H26FN5O5. The fraction of sp³-hybridized carbons (Fsp3) is 0.375. The number of ether oxygens (including phenoxy) is 1. The topological polar surface area (TPSA) is 111 Å². The fourth-order valence-corrected chi connectivity index (χ4v) is 3.94. The molecule has 0 N–H and O–H groups in total. The molecule has 0 atom stereocenters. The summed E-state index contributed by atoms with van der Waals surface area (Å²) in [6, 6.07) is 9.68. The average Bonchev–Trinajstić information content (AvgIpc) is 2.79. The predicted octanol–water partition coefficient (Wildman–Crippen LogP) is 3.49. The molecular weight excluding hydrogens is 457 g/mol. The van der Waals surface area contributed by atoms with Crippen LogP contribution >= 0.6 is 0 Å². The van der Waals surface area contributed by atoms with E-state index in [0.29, 0.717) is 32.0 Å². The Bertz CT molecular complexity index is 1340. The zero-order valence-electron chi connectivity index (χ0n) is 19.7. The Balaban J connectivity index is 1.67. The molecule has 10 nitrogen and oxygen atoms in total. The molecule has 1 amide bonds. The van der Waals surface area contributed by atoms with Gasteiger partial charge in [0.25, 0.3) is 11.2 Å². The van der Waals surface area contributed by atoms with Gasteiger partial charge in [0.2, 0.25) is 0 Å². The van der Waals surface area contributed by atoms with Crippen molar-refractivity contribution in [3.8, 4) is 5.69 Å². The van der Waals surface area contributed by atoms with Gasteiger partial charge in [-0.15, -0.1) is 0 Å². The van der Waals surface area contributed by atoms with E-state index >= 15 is 0 Å². The van der Waals surface area contributed by atoms with Crippen LogP contribution in [-0.4, -0.2) is 62.1 Å². The number of carbonyl (C=O) groups is 1. The van der Waals surface area contributed by atoms with Crippen LogP contribution in [0.4, 0.5) is 14.9 Å². The highest BCUT2D eigenvalue weighted by atomic mass is 19.1. The number of piperazine rings is 1. The van der Waals surface area contributed by atoms with E-state index < -0.39 is 21.9 Å². The first-order chi connectivity index (χ1) is 16.5. The normalized spacial score (nSPS) is 14.8. The van der Waals surface area contributed by atoms with Crippen molar-refractivity contribution in [2.75, 3.05) is 26.2 Å². The molecule has 0 radical (unpaired) electrons. The molecule has 0 unspecified atom stereocenters. The molecule has 3 aromatic rings. The number of aromatic nitrogens is 2. The van der Waals surface area contributed by atoms with Crippen molar-refractivity contribution in [2.45, 2.75) is 32.9 Å². The number of halogens is 1. The van der Waals surface area contributed by atoms with Gasteiger partial charge in [-0.05, 0) is 39.0 Å². The minimum Gasteiger partial charge on any atom is -0.444 e. The van der Waals surface area contributed by atoms with Crippen molar-refractivity contribution >= 4 is 22.7 Å². The van der Waals surface area contributed by atoms with Crippen LogP contribution in [0.1, 0.15) is 26.6 Å². The second kappa shape index (κ2) is 9.41. The molecule has 1 saturated heterocycles. The van der Waals surface area contributed by atoms with Gasteiger partial charge >= 0.3 is 6.09 Å². The number of non-ortho nitro benzene ring substituents is 1. The third-order valence-electron chi connectivity index (χ3n) is 5.61. The van der Waals surface area contributed by atoms with Gasteiger partial charge in [0.05, 0.1) is 28.1 Å². The van der Waals surface area contributed by atoms with Gasteiger partial charge in [-0.1, -0.05) is 12.1 Å². The number of nitro groups is 1. The van der Waals surface area contributed by atoms with E-state index in [1.54, 1.807) is 11.0 Å². The van der Waals surface area contributed by atoms with E-state index in [9.17, 15) is 24.1 Å². The lowest BCUT2D eigenvalue weighted by atomic mass is 10.2. The van der Waals surface area contributed by atoms with Crippen LogP contribution in [0, 0.1) is 15.9 Å². The van der Waals surface area contributed by atoms with Gasteiger partial charge in [-0.25, -0.2) is 14.2 Å². The van der Waals surface area contributed by atoms with Gasteiger partial charge in [0, 0.05) is 38.3 Å². The predicted molar refractivity (Wildman–Crippen MR) is 127 cm³/mol. The Morgan fingerprint density at radius 1 is 1.14 bits per heavy atom. The number of hydrogen-bond acceptors (Lipinski definition) is 7. The number of hydrogen-bond donors (Lipinski definition) is 0. The van der Waals surface area contributed by atoms with Crippen molar-refractivity contribution in [1.29, 1.82) is 0 Å². The largest absolute Gasteiger partial charge is 0.444 e.